The van der Waals surface area contributed by atoms with E-state index in [-0.39, 0.29) is 11.5 Å². The van der Waals surface area contributed by atoms with Crippen molar-refractivity contribution in [1.82, 2.24) is 24.4 Å². The van der Waals surface area contributed by atoms with E-state index in [4.69, 9.17) is 0 Å². The van der Waals surface area contributed by atoms with Gasteiger partial charge in [0.2, 0.25) is 5.91 Å². The van der Waals surface area contributed by atoms with E-state index in [1.54, 1.807) is 0 Å². The lowest BCUT2D eigenvalue weighted by atomic mass is 9.93. The van der Waals surface area contributed by atoms with E-state index in [9.17, 15) is 9.59 Å². The lowest BCUT2D eigenvalue weighted by Gasteiger charge is -2.38. The molecule has 0 aliphatic heterocycles. The van der Waals surface area contributed by atoms with Crippen LogP contribution in [0.4, 0.5) is 0 Å². The number of amides is 1. The number of fused-ring (bicyclic) bond motifs is 3. The van der Waals surface area contributed by atoms with Crippen LogP contribution in [0, 0.1) is 6.92 Å². The first-order valence-corrected chi connectivity index (χ1v) is 12.5. The third-order valence-corrected chi connectivity index (χ3v) is 7.31. The van der Waals surface area contributed by atoms with Crippen LogP contribution in [0.1, 0.15) is 71.0 Å². The molecule has 33 heavy (non-hydrogen) atoms. The summed E-state index contributed by atoms with van der Waals surface area (Å²) in [4.78, 5) is 32.2. The van der Waals surface area contributed by atoms with Crippen molar-refractivity contribution in [2.45, 2.75) is 84.3 Å². The zero-order valence-electron chi connectivity index (χ0n) is 20.4. The maximum atomic E-state index is 13.3. The lowest BCUT2D eigenvalue weighted by molar-refractivity contribution is -0.124. The van der Waals surface area contributed by atoms with Gasteiger partial charge in [-0.3, -0.25) is 19.2 Å². The molecule has 4 rings (SSSR count). The summed E-state index contributed by atoms with van der Waals surface area (Å²) < 4.78 is 3.85. The quantitative estimate of drug-likeness (QED) is 0.560. The molecule has 1 aromatic carbocycles. The molecule has 178 valence electrons. The number of benzene rings is 1. The third-order valence-electron chi connectivity index (χ3n) is 7.31. The van der Waals surface area contributed by atoms with E-state index < -0.39 is 6.04 Å². The molecular weight excluding hydrogens is 414 g/mol. The predicted molar refractivity (Wildman–Crippen MR) is 133 cm³/mol. The molecule has 1 N–H and O–H groups in total. The molecule has 0 radical (unpaired) electrons. The highest BCUT2D eigenvalue weighted by atomic mass is 16.2. The Balaban J connectivity index is 1.54. The third kappa shape index (κ3) is 4.69. The molecule has 1 fully saturated rings. The molecule has 1 saturated carbocycles. The fraction of sp³-hybridized carbons (Fsp3) is 0.577. The minimum atomic E-state index is -0.442. The first-order valence-electron chi connectivity index (χ1n) is 12.5. The molecule has 3 aromatic rings. The predicted octanol–water partition coefficient (Wildman–Crippen LogP) is 4.07. The second-order valence-electron chi connectivity index (χ2n) is 9.49. The van der Waals surface area contributed by atoms with Crippen LogP contribution < -0.4 is 10.9 Å². The zero-order valence-corrected chi connectivity index (χ0v) is 20.4. The first-order chi connectivity index (χ1) is 15.9. The fourth-order valence-corrected chi connectivity index (χ4v) is 5.37. The van der Waals surface area contributed by atoms with E-state index in [1.165, 1.54) is 38.2 Å². The van der Waals surface area contributed by atoms with Crippen LogP contribution >= 0.6 is 0 Å². The highest BCUT2D eigenvalue weighted by molar-refractivity contribution is 5.94. The number of aryl methyl sites for hydroxylation is 1. The topological polar surface area (TPSA) is 71.6 Å². The summed E-state index contributed by atoms with van der Waals surface area (Å²) >= 11 is 0. The molecular formula is C26H37N5O2. The Labute approximate surface area is 195 Å². The molecule has 0 unspecified atom stereocenters. The summed E-state index contributed by atoms with van der Waals surface area (Å²) in [5.41, 5.74) is 1.99. The average molecular weight is 452 g/mol. The number of para-hydroxylation sites is 1. The summed E-state index contributed by atoms with van der Waals surface area (Å²) in [6.07, 6.45) is 7.61. The van der Waals surface area contributed by atoms with Gasteiger partial charge in [-0.25, -0.2) is 4.52 Å². The Morgan fingerprint density at radius 1 is 1.21 bits per heavy atom. The Morgan fingerprint density at radius 2 is 1.94 bits per heavy atom. The molecule has 2 heterocycles. The van der Waals surface area contributed by atoms with Crippen LogP contribution in [-0.2, 0) is 4.79 Å². The van der Waals surface area contributed by atoms with Crippen molar-refractivity contribution in [3.63, 3.8) is 0 Å². The van der Waals surface area contributed by atoms with Crippen LogP contribution in [0.3, 0.4) is 0 Å². The van der Waals surface area contributed by atoms with Crippen LogP contribution in [0.15, 0.2) is 35.1 Å². The molecule has 1 amide bonds. The Kier molecular flexibility index (Phi) is 7.17. The highest BCUT2D eigenvalue weighted by Crippen LogP contribution is 2.26. The van der Waals surface area contributed by atoms with Gasteiger partial charge in [-0.15, -0.1) is 0 Å². The second kappa shape index (κ2) is 10.1. The van der Waals surface area contributed by atoms with Crippen molar-refractivity contribution >= 4 is 22.5 Å². The molecule has 7 heteroatoms. The van der Waals surface area contributed by atoms with Crippen molar-refractivity contribution in [2.75, 3.05) is 13.1 Å². The van der Waals surface area contributed by atoms with Gasteiger partial charge in [-0.1, -0.05) is 38.3 Å². The molecule has 1 aliphatic rings. The fourth-order valence-electron chi connectivity index (χ4n) is 5.37. The van der Waals surface area contributed by atoms with E-state index in [1.807, 2.05) is 47.3 Å². The summed E-state index contributed by atoms with van der Waals surface area (Å²) in [6, 6.07) is 10.0. The maximum absolute atomic E-state index is 13.3. The summed E-state index contributed by atoms with van der Waals surface area (Å²) in [7, 11) is 0. The SMILES string of the molecule is CC[C@H](C)N(CCNC(=O)[C@H](C)n1c2ccccc2c2nc(=O)cc(C)n21)C1CCCCC1. The summed E-state index contributed by atoms with van der Waals surface area (Å²) in [6.45, 7) is 9.83. The number of carbonyl (C=O) groups excluding carboxylic acids is 1. The Morgan fingerprint density at radius 3 is 2.67 bits per heavy atom. The molecule has 1 aliphatic carbocycles. The van der Waals surface area contributed by atoms with Crippen LogP contribution in [0.5, 0.6) is 0 Å². The largest absolute Gasteiger partial charge is 0.353 e. The summed E-state index contributed by atoms with van der Waals surface area (Å²) in [5, 5.41) is 4.06. The Hall–Kier alpha value is -2.67. The van der Waals surface area contributed by atoms with Crippen LogP contribution in [0.25, 0.3) is 16.6 Å². The van der Waals surface area contributed by atoms with Gasteiger partial charge in [-0.05, 0) is 52.2 Å². The van der Waals surface area contributed by atoms with Crippen molar-refractivity contribution in [2.24, 2.45) is 0 Å². The number of carbonyl (C=O) groups is 1. The van der Waals surface area contributed by atoms with Crippen LogP contribution in [0.2, 0.25) is 0 Å². The van der Waals surface area contributed by atoms with Gasteiger partial charge in [0, 0.05) is 42.3 Å². The van der Waals surface area contributed by atoms with E-state index in [0.717, 1.165) is 29.6 Å². The Bertz CT molecular complexity index is 1170. The molecule has 0 saturated heterocycles. The lowest BCUT2D eigenvalue weighted by Crippen LogP contribution is -2.47. The van der Waals surface area contributed by atoms with Crippen LogP contribution in [-0.4, -0.2) is 50.2 Å². The van der Waals surface area contributed by atoms with Crippen molar-refractivity contribution < 1.29 is 4.79 Å². The summed E-state index contributed by atoms with van der Waals surface area (Å²) in [5.74, 6) is -0.0245. The number of hydrogen-bond donors (Lipinski definition) is 1. The number of hydrogen-bond acceptors (Lipinski definition) is 4. The first kappa shape index (κ1) is 23.5. The normalized spacial score (nSPS) is 17.0. The smallest absolute Gasteiger partial charge is 0.273 e. The minimum absolute atomic E-state index is 0.0245. The van der Waals surface area contributed by atoms with Gasteiger partial charge >= 0.3 is 0 Å². The van der Waals surface area contributed by atoms with Gasteiger partial charge in [0.1, 0.15) is 6.04 Å². The van der Waals surface area contributed by atoms with Crippen molar-refractivity contribution in [1.29, 1.82) is 0 Å². The zero-order chi connectivity index (χ0) is 23.5. The maximum Gasteiger partial charge on any atom is 0.273 e. The van der Waals surface area contributed by atoms with Gasteiger partial charge in [-0.2, -0.15) is 4.98 Å². The van der Waals surface area contributed by atoms with Gasteiger partial charge in [0.15, 0.2) is 5.65 Å². The number of nitrogens with zero attached hydrogens (tertiary/aromatic N) is 4. The highest BCUT2D eigenvalue weighted by Gasteiger charge is 2.26. The van der Waals surface area contributed by atoms with Gasteiger partial charge < -0.3 is 5.32 Å². The van der Waals surface area contributed by atoms with E-state index in [2.05, 4.69) is 29.0 Å². The van der Waals surface area contributed by atoms with E-state index >= 15 is 0 Å². The van der Waals surface area contributed by atoms with Gasteiger partial charge in [0.05, 0.1) is 5.52 Å². The number of nitrogens with one attached hydrogen (secondary N) is 1. The molecule has 2 atom stereocenters. The number of rotatable bonds is 8. The van der Waals surface area contributed by atoms with Crippen molar-refractivity contribution in [3.8, 4) is 0 Å². The number of aromatic nitrogens is 3. The van der Waals surface area contributed by atoms with Crippen molar-refractivity contribution in [3.05, 3.63) is 46.4 Å². The molecule has 0 spiro atoms. The minimum Gasteiger partial charge on any atom is -0.353 e. The standard InChI is InChI=1S/C26H37N5O2/c1-5-18(2)29(21-11-7-6-8-12-21)16-15-27-26(33)20(4)31-23-14-10-9-13-22(23)25-28-24(32)17-19(3)30(25)31/h9-10,13-14,17-18,20-21H,5-8,11-12,15-16H2,1-4H3,(H,27,33)/t18-,20-/m0/s1. The molecule has 7 nitrogen and oxygen atoms in total. The monoisotopic (exact) mass is 451 g/mol. The van der Waals surface area contributed by atoms with Gasteiger partial charge in [0.25, 0.3) is 5.56 Å². The molecule has 2 aromatic heterocycles. The van der Waals surface area contributed by atoms with E-state index in [0.29, 0.717) is 24.3 Å². The molecule has 0 bridgehead atoms. The second-order valence-corrected chi connectivity index (χ2v) is 9.49. The average Bonchev–Trinajstić information content (AvgIpc) is 3.16.